The summed E-state index contributed by atoms with van der Waals surface area (Å²) >= 11 is 12.6. The molecule has 1 aliphatic rings. The van der Waals surface area contributed by atoms with E-state index in [9.17, 15) is 9.59 Å². The van der Waals surface area contributed by atoms with Gasteiger partial charge in [-0.15, -0.1) is 0 Å². The lowest BCUT2D eigenvalue weighted by molar-refractivity contribution is -0.147. The van der Waals surface area contributed by atoms with Gasteiger partial charge in [0.25, 0.3) is 5.56 Å². The van der Waals surface area contributed by atoms with Gasteiger partial charge in [-0.2, -0.15) is 0 Å². The van der Waals surface area contributed by atoms with Crippen molar-refractivity contribution in [3.63, 3.8) is 0 Å². The van der Waals surface area contributed by atoms with Crippen LogP contribution >= 0.6 is 23.2 Å². The molecule has 0 atom stereocenters. The van der Waals surface area contributed by atoms with E-state index >= 15 is 0 Å². The summed E-state index contributed by atoms with van der Waals surface area (Å²) in [6.07, 6.45) is 24.6. The minimum Gasteiger partial charge on any atom is -0.494 e. The Bertz CT molecular complexity index is 1540. The van der Waals surface area contributed by atoms with Gasteiger partial charge < -0.3 is 14.4 Å². The van der Waals surface area contributed by atoms with Crippen molar-refractivity contribution in [2.45, 2.75) is 142 Å². The number of carbonyl (C=O) groups is 1. The number of nitrogens with zero attached hydrogens (tertiary/aromatic N) is 3. The van der Waals surface area contributed by atoms with Crippen LogP contribution in [-0.2, 0) is 16.3 Å². The molecule has 7 nitrogen and oxygen atoms in total. The highest BCUT2D eigenvalue weighted by molar-refractivity contribution is 6.43. The Morgan fingerprint density at radius 3 is 1.94 bits per heavy atom. The molecule has 0 radical (unpaired) electrons. The Labute approximate surface area is 329 Å². The second kappa shape index (κ2) is 25.4. The predicted octanol–water partition coefficient (Wildman–Crippen LogP) is 11.8. The Kier molecular flexibility index (Phi) is 20.6. The van der Waals surface area contributed by atoms with Crippen molar-refractivity contribution in [1.82, 2.24) is 9.47 Å². The number of anilines is 1. The number of halogens is 2. The van der Waals surface area contributed by atoms with Crippen LogP contribution in [0.15, 0.2) is 53.3 Å². The number of benzene rings is 2. The van der Waals surface area contributed by atoms with Crippen LogP contribution in [-0.4, -0.2) is 54.8 Å². The molecule has 1 aromatic heterocycles. The summed E-state index contributed by atoms with van der Waals surface area (Å²) < 4.78 is 13.2. The molecule has 4 rings (SSSR count). The number of hydrogen-bond donors (Lipinski definition) is 0. The molecule has 3 aromatic rings. The van der Waals surface area contributed by atoms with Crippen LogP contribution in [0, 0.1) is 0 Å². The van der Waals surface area contributed by atoms with Crippen LogP contribution in [0.2, 0.25) is 10.0 Å². The van der Waals surface area contributed by atoms with Gasteiger partial charge in [-0.1, -0.05) is 139 Å². The van der Waals surface area contributed by atoms with Gasteiger partial charge in [-0.25, -0.2) is 0 Å². The average Bonchev–Trinajstić information content (AvgIpc) is 3.17. The first-order chi connectivity index (χ1) is 26.0. The summed E-state index contributed by atoms with van der Waals surface area (Å²) in [6.45, 7) is 7.60. The Morgan fingerprint density at radius 1 is 0.698 bits per heavy atom. The van der Waals surface area contributed by atoms with E-state index in [0.717, 1.165) is 75.9 Å². The normalized spacial score (nSPS) is 13.5. The fraction of sp³-hybridized carbons (Fsp3) is 0.636. The number of pyridine rings is 1. The van der Waals surface area contributed by atoms with Crippen molar-refractivity contribution in [2.24, 2.45) is 0 Å². The molecule has 0 amide bonds. The number of ether oxygens (including phenoxy) is 2. The lowest BCUT2D eigenvalue weighted by Gasteiger charge is -2.36. The second-order valence-electron chi connectivity index (χ2n) is 14.8. The van der Waals surface area contributed by atoms with Gasteiger partial charge in [0.05, 0.1) is 27.9 Å². The van der Waals surface area contributed by atoms with Gasteiger partial charge in [0.15, 0.2) is 6.73 Å². The molecular formula is C44H65Cl2N3O4. The summed E-state index contributed by atoms with van der Waals surface area (Å²) in [4.78, 5) is 30.1. The number of esters is 1. The highest BCUT2D eigenvalue weighted by Gasteiger charge is 2.19. The number of fused-ring (bicyclic) bond motifs is 1. The number of hydrogen-bond acceptors (Lipinski definition) is 6. The minimum atomic E-state index is -0.253. The predicted molar refractivity (Wildman–Crippen MR) is 223 cm³/mol. The van der Waals surface area contributed by atoms with E-state index in [1.165, 1.54) is 101 Å². The molecule has 2 heterocycles. The van der Waals surface area contributed by atoms with Gasteiger partial charge in [-0.05, 0) is 61.5 Å². The highest BCUT2D eigenvalue weighted by atomic mass is 35.5. The monoisotopic (exact) mass is 769 g/mol. The maximum Gasteiger partial charge on any atom is 0.307 e. The average molecular weight is 771 g/mol. The molecule has 294 valence electrons. The van der Waals surface area contributed by atoms with E-state index in [0.29, 0.717) is 34.3 Å². The van der Waals surface area contributed by atoms with Crippen molar-refractivity contribution in [3.05, 3.63) is 68.9 Å². The number of aromatic nitrogens is 1. The van der Waals surface area contributed by atoms with Gasteiger partial charge in [0, 0.05) is 44.7 Å². The Balaban J connectivity index is 1.04. The van der Waals surface area contributed by atoms with E-state index in [4.69, 9.17) is 32.7 Å². The first-order valence-electron chi connectivity index (χ1n) is 20.8. The fourth-order valence-corrected chi connectivity index (χ4v) is 7.69. The standard InChI is InChI=1S/C44H65Cl2N3O4/c1-2-3-4-5-6-7-8-9-10-11-12-13-14-15-16-17-18-24-43(51)53-36-49-41-35-38(27-25-37(41)26-28-42(49)50)52-34-20-19-29-47-30-32-48(33-31-47)40-23-21-22-39(45)44(40)46/h21-23,25-28,35H,2-20,24,29-34,36H2,1H3. The third-order valence-corrected chi connectivity index (χ3v) is 11.4. The van der Waals surface area contributed by atoms with Crippen molar-refractivity contribution < 1.29 is 14.3 Å². The van der Waals surface area contributed by atoms with E-state index in [1.807, 2.05) is 36.4 Å². The minimum absolute atomic E-state index is 0.0891. The third kappa shape index (κ3) is 15.9. The summed E-state index contributed by atoms with van der Waals surface area (Å²) in [5, 5.41) is 2.12. The topological polar surface area (TPSA) is 64.0 Å². The van der Waals surface area contributed by atoms with Crippen LogP contribution in [0.3, 0.4) is 0 Å². The lowest BCUT2D eigenvalue weighted by atomic mass is 10.0. The van der Waals surface area contributed by atoms with E-state index in [2.05, 4.69) is 16.7 Å². The van der Waals surface area contributed by atoms with Crippen LogP contribution < -0.4 is 15.2 Å². The molecule has 9 heteroatoms. The van der Waals surface area contributed by atoms with Crippen LogP contribution in [0.25, 0.3) is 10.9 Å². The molecular weight excluding hydrogens is 705 g/mol. The van der Waals surface area contributed by atoms with Crippen molar-refractivity contribution in [2.75, 3.05) is 44.2 Å². The molecule has 0 bridgehead atoms. The molecule has 1 aliphatic heterocycles. The van der Waals surface area contributed by atoms with E-state index < -0.39 is 0 Å². The molecule has 53 heavy (non-hydrogen) atoms. The quantitative estimate of drug-likeness (QED) is 0.0568. The molecule has 1 fully saturated rings. The van der Waals surface area contributed by atoms with Crippen LogP contribution in [0.4, 0.5) is 5.69 Å². The lowest BCUT2D eigenvalue weighted by Crippen LogP contribution is -2.46. The SMILES string of the molecule is CCCCCCCCCCCCCCCCCCCC(=O)OCn1c(=O)ccc2ccc(OCCCCN3CCN(c4cccc(Cl)c4Cl)CC3)cc21. The molecule has 0 N–H and O–H groups in total. The number of unbranched alkanes of at least 4 members (excludes halogenated alkanes) is 17. The van der Waals surface area contributed by atoms with Gasteiger partial charge in [-0.3, -0.25) is 19.1 Å². The Morgan fingerprint density at radius 2 is 1.30 bits per heavy atom. The summed E-state index contributed by atoms with van der Waals surface area (Å²) in [5.74, 6) is 0.454. The van der Waals surface area contributed by atoms with Crippen molar-refractivity contribution in [3.8, 4) is 5.75 Å². The van der Waals surface area contributed by atoms with E-state index in [1.54, 1.807) is 6.07 Å². The number of rotatable bonds is 27. The largest absolute Gasteiger partial charge is 0.494 e. The first kappa shape index (κ1) is 43.0. The summed E-state index contributed by atoms with van der Waals surface area (Å²) in [7, 11) is 0. The third-order valence-electron chi connectivity index (χ3n) is 10.6. The van der Waals surface area contributed by atoms with Crippen LogP contribution in [0.1, 0.15) is 135 Å². The summed E-state index contributed by atoms with van der Waals surface area (Å²) in [6, 6.07) is 14.9. The second-order valence-corrected chi connectivity index (χ2v) is 15.6. The first-order valence-corrected chi connectivity index (χ1v) is 21.5. The molecule has 0 spiro atoms. The number of piperazine rings is 1. The highest BCUT2D eigenvalue weighted by Crippen LogP contribution is 2.33. The Hall–Kier alpha value is -2.74. The maximum atomic E-state index is 12.8. The number of carbonyl (C=O) groups excluding carboxylic acids is 1. The van der Waals surface area contributed by atoms with Gasteiger partial charge in [0.1, 0.15) is 5.75 Å². The van der Waals surface area contributed by atoms with Gasteiger partial charge in [0.2, 0.25) is 0 Å². The molecule has 0 saturated carbocycles. The molecule has 2 aromatic carbocycles. The van der Waals surface area contributed by atoms with Gasteiger partial charge >= 0.3 is 5.97 Å². The summed E-state index contributed by atoms with van der Waals surface area (Å²) in [5.41, 5.74) is 1.52. The zero-order valence-electron chi connectivity index (χ0n) is 32.4. The molecule has 0 unspecified atom stereocenters. The zero-order valence-corrected chi connectivity index (χ0v) is 34.0. The molecule has 0 aliphatic carbocycles. The maximum absolute atomic E-state index is 12.8. The fourth-order valence-electron chi connectivity index (χ4n) is 7.27. The van der Waals surface area contributed by atoms with E-state index in [-0.39, 0.29) is 18.3 Å². The smallest absolute Gasteiger partial charge is 0.307 e. The van der Waals surface area contributed by atoms with Crippen molar-refractivity contribution in [1.29, 1.82) is 0 Å². The zero-order chi connectivity index (χ0) is 37.5. The molecule has 1 saturated heterocycles. The van der Waals surface area contributed by atoms with Crippen molar-refractivity contribution >= 4 is 45.8 Å². The van der Waals surface area contributed by atoms with Crippen LogP contribution in [0.5, 0.6) is 5.75 Å².